The highest BCUT2D eigenvalue weighted by atomic mass is 16.5. The van der Waals surface area contributed by atoms with Crippen molar-refractivity contribution >= 4 is 17.9 Å². The Labute approximate surface area is 143 Å². The molecule has 0 aliphatic heterocycles. The van der Waals surface area contributed by atoms with E-state index in [-0.39, 0.29) is 0 Å². The average Bonchev–Trinajstić information content (AvgIpc) is 2.75. The van der Waals surface area contributed by atoms with Crippen LogP contribution in [0.4, 0.5) is 0 Å². The molecule has 0 N–H and O–H groups in total. The first-order valence-electron chi connectivity index (χ1n) is 7.85. The van der Waals surface area contributed by atoms with Crippen LogP contribution in [0.1, 0.15) is 35.0 Å². The van der Waals surface area contributed by atoms with E-state index in [1.165, 1.54) is 7.11 Å². The Morgan fingerprint density at radius 2 is 2.21 bits per heavy atom. The summed E-state index contributed by atoms with van der Waals surface area (Å²) < 4.78 is 12.6. The van der Waals surface area contributed by atoms with Gasteiger partial charge in [0.25, 0.3) is 0 Å². The normalized spacial score (nSPS) is 13.7. The number of aryl methyl sites for hydroxylation is 1. The minimum atomic E-state index is -0.396. The van der Waals surface area contributed by atoms with E-state index < -0.39 is 5.97 Å². The van der Waals surface area contributed by atoms with E-state index in [2.05, 4.69) is 18.7 Å². The standard InChI is InChI=1S/C20H23NO3/c1-5-12-21-13-15(2)18(20(22)23-4)19(21)16(3)24-14-17-10-8-6-7-9-11-17/h5-6,8-13H,3,7,14H2,1-2,4H3/b12-5-. The molecule has 0 spiro atoms. The SMILES string of the molecule is C=C(OCC1=CC=CCC=C1)c1c(C(=O)OC)c(C)cn1/C=C\C. The van der Waals surface area contributed by atoms with Crippen molar-refractivity contribution in [2.75, 3.05) is 13.7 Å². The molecule has 0 saturated carbocycles. The fourth-order valence-electron chi connectivity index (χ4n) is 2.53. The number of nitrogens with zero attached hydrogens (tertiary/aromatic N) is 1. The first-order valence-corrected chi connectivity index (χ1v) is 7.85. The van der Waals surface area contributed by atoms with E-state index in [1.54, 1.807) is 0 Å². The van der Waals surface area contributed by atoms with Crippen LogP contribution in [-0.4, -0.2) is 24.3 Å². The molecule has 4 heteroatoms. The first kappa shape index (κ1) is 17.6. The summed E-state index contributed by atoms with van der Waals surface area (Å²) in [6.07, 6.45) is 16.7. The quantitative estimate of drug-likeness (QED) is 0.571. The maximum Gasteiger partial charge on any atom is 0.340 e. The number of rotatable bonds is 6. The zero-order valence-electron chi connectivity index (χ0n) is 14.4. The molecule has 4 nitrogen and oxygen atoms in total. The minimum absolute atomic E-state index is 0.389. The summed E-state index contributed by atoms with van der Waals surface area (Å²) in [5, 5.41) is 0. The molecule has 0 unspecified atom stereocenters. The van der Waals surface area contributed by atoms with Gasteiger partial charge in [0.05, 0.1) is 12.7 Å². The molecular weight excluding hydrogens is 302 g/mol. The van der Waals surface area contributed by atoms with Gasteiger partial charge in [-0.25, -0.2) is 4.79 Å². The lowest BCUT2D eigenvalue weighted by Crippen LogP contribution is -2.08. The molecule has 1 heterocycles. The molecule has 0 fully saturated rings. The predicted octanol–water partition coefficient (Wildman–Crippen LogP) is 4.50. The van der Waals surface area contributed by atoms with Gasteiger partial charge >= 0.3 is 5.97 Å². The van der Waals surface area contributed by atoms with E-state index in [0.29, 0.717) is 23.6 Å². The van der Waals surface area contributed by atoms with Crippen molar-refractivity contribution in [1.82, 2.24) is 4.57 Å². The molecule has 1 aliphatic rings. The van der Waals surface area contributed by atoms with Crippen LogP contribution in [0.2, 0.25) is 0 Å². The second-order valence-corrected chi connectivity index (χ2v) is 5.44. The number of hydrogen-bond acceptors (Lipinski definition) is 3. The second kappa shape index (κ2) is 8.20. The maximum atomic E-state index is 12.1. The monoisotopic (exact) mass is 325 g/mol. The van der Waals surface area contributed by atoms with Crippen LogP contribution >= 0.6 is 0 Å². The van der Waals surface area contributed by atoms with Gasteiger partial charge in [0.15, 0.2) is 0 Å². The first-order chi connectivity index (χ1) is 11.6. The highest BCUT2D eigenvalue weighted by molar-refractivity contribution is 5.96. The topological polar surface area (TPSA) is 40.5 Å². The lowest BCUT2D eigenvalue weighted by molar-refractivity contribution is 0.0599. The largest absolute Gasteiger partial charge is 0.487 e. The molecule has 1 aliphatic carbocycles. The van der Waals surface area contributed by atoms with Crippen LogP contribution in [0.15, 0.2) is 54.8 Å². The summed E-state index contributed by atoms with van der Waals surface area (Å²) >= 11 is 0. The smallest absolute Gasteiger partial charge is 0.340 e. The molecule has 0 radical (unpaired) electrons. The van der Waals surface area contributed by atoms with Crippen molar-refractivity contribution in [1.29, 1.82) is 0 Å². The highest BCUT2D eigenvalue weighted by Gasteiger charge is 2.22. The van der Waals surface area contributed by atoms with Crippen LogP contribution in [0.25, 0.3) is 12.0 Å². The van der Waals surface area contributed by atoms with Gasteiger partial charge < -0.3 is 14.0 Å². The van der Waals surface area contributed by atoms with Crippen LogP contribution in [-0.2, 0) is 9.47 Å². The summed E-state index contributed by atoms with van der Waals surface area (Å²) in [6.45, 7) is 8.18. The van der Waals surface area contributed by atoms with Crippen LogP contribution < -0.4 is 0 Å². The molecular formula is C20H23NO3. The van der Waals surface area contributed by atoms with Crippen molar-refractivity contribution in [3.63, 3.8) is 0 Å². The molecule has 24 heavy (non-hydrogen) atoms. The van der Waals surface area contributed by atoms with Gasteiger partial charge in [0.1, 0.15) is 18.1 Å². The molecule has 0 bridgehead atoms. The minimum Gasteiger partial charge on any atom is -0.487 e. The lowest BCUT2D eigenvalue weighted by Gasteiger charge is -2.13. The number of aromatic nitrogens is 1. The van der Waals surface area contributed by atoms with E-state index in [1.807, 2.05) is 55.1 Å². The van der Waals surface area contributed by atoms with Crippen LogP contribution in [0.3, 0.4) is 0 Å². The van der Waals surface area contributed by atoms with E-state index in [4.69, 9.17) is 9.47 Å². The van der Waals surface area contributed by atoms with Gasteiger partial charge in [-0.3, -0.25) is 0 Å². The molecule has 1 aromatic rings. The van der Waals surface area contributed by atoms with Gasteiger partial charge in [0, 0.05) is 12.4 Å². The van der Waals surface area contributed by atoms with Crippen molar-refractivity contribution in [3.05, 3.63) is 71.6 Å². The number of hydrogen-bond donors (Lipinski definition) is 0. The third kappa shape index (κ3) is 3.96. The Kier molecular flexibility index (Phi) is 6.01. The molecule has 0 amide bonds. The van der Waals surface area contributed by atoms with Crippen molar-refractivity contribution < 1.29 is 14.3 Å². The second-order valence-electron chi connectivity index (χ2n) is 5.44. The van der Waals surface area contributed by atoms with Crippen molar-refractivity contribution in [3.8, 4) is 0 Å². The Bertz CT molecular complexity index is 745. The lowest BCUT2D eigenvalue weighted by atomic mass is 10.1. The predicted molar refractivity (Wildman–Crippen MR) is 97.5 cm³/mol. The highest BCUT2D eigenvalue weighted by Crippen LogP contribution is 2.26. The number of methoxy groups -OCH3 is 1. The molecule has 126 valence electrons. The van der Waals surface area contributed by atoms with E-state index in [9.17, 15) is 4.79 Å². The molecule has 1 aromatic heterocycles. The summed E-state index contributed by atoms with van der Waals surface area (Å²) in [6, 6.07) is 0. The van der Waals surface area contributed by atoms with Gasteiger partial charge in [-0.05, 0) is 31.4 Å². The maximum absolute atomic E-state index is 12.1. The van der Waals surface area contributed by atoms with E-state index >= 15 is 0 Å². The molecule has 0 atom stereocenters. The number of carbonyl (C=O) groups is 1. The van der Waals surface area contributed by atoms with Crippen LogP contribution in [0, 0.1) is 6.92 Å². The Morgan fingerprint density at radius 1 is 1.42 bits per heavy atom. The summed E-state index contributed by atoms with van der Waals surface area (Å²) in [4.78, 5) is 12.1. The number of carbonyl (C=O) groups excluding carboxylic acids is 1. The third-order valence-electron chi connectivity index (χ3n) is 3.65. The zero-order chi connectivity index (χ0) is 17.5. The van der Waals surface area contributed by atoms with Crippen molar-refractivity contribution in [2.45, 2.75) is 20.3 Å². The Morgan fingerprint density at radius 3 is 2.92 bits per heavy atom. The number of esters is 1. The average molecular weight is 325 g/mol. The van der Waals surface area contributed by atoms with Gasteiger partial charge in [-0.15, -0.1) is 0 Å². The van der Waals surface area contributed by atoms with Crippen molar-refractivity contribution in [2.24, 2.45) is 0 Å². The zero-order valence-corrected chi connectivity index (χ0v) is 14.4. The number of ether oxygens (including phenoxy) is 2. The summed E-state index contributed by atoms with van der Waals surface area (Å²) in [5.41, 5.74) is 2.96. The van der Waals surface area contributed by atoms with E-state index in [0.717, 1.165) is 17.6 Å². The van der Waals surface area contributed by atoms with Gasteiger partial charge in [-0.2, -0.15) is 0 Å². The summed E-state index contributed by atoms with van der Waals surface area (Å²) in [7, 11) is 1.37. The van der Waals surface area contributed by atoms with Crippen LogP contribution in [0.5, 0.6) is 0 Å². The fourth-order valence-corrected chi connectivity index (χ4v) is 2.53. The third-order valence-corrected chi connectivity index (χ3v) is 3.65. The fraction of sp³-hybridized carbons (Fsp3) is 0.250. The number of allylic oxidation sites excluding steroid dienone is 5. The molecule has 0 aromatic carbocycles. The summed E-state index contributed by atoms with van der Waals surface area (Å²) in [5.74, 6) is 0.0381. The molecule has 2 rings (SSSR count). The molecule has 0 saturated heterocycles. The van der Waals surface area contributed by atoms with Gasteiger partial charge in [-0.1, -0.05) is 43.0 Å². The van der Waals surface area contributed by atoms with Gasteiger partial charge in [0.2, 0.25) is 0 Å². The Balaban J connectivity index is 2.28. The Hall–Kier alpha value is -2.75.